The Bertz CT molecular complexity index is 1820. The molecule has 0 radical (unpaired) electrons. The molecule has 216 valence electrons. The largest absolute Gasteiger partial charge is 0.477 e. The predicted molar refractivity (Wildman–Crippen MR) is 182 cm³/mol. The van der Waals surface area contributed by atoms with Gasteiger partial charge in [0.25, 0.3) is 0 Å². The summed E-state index contributed by atoms with van der Waals surface area (Å²) in [4.78, 5) is 14.2. The average Bonchev–Trinajstić information content (AvgIpc) is 3.67. The minimum atomic E-state index is -0.980. The Balaban J connectivity index is 1.33. The summed E-state index contributed by atoms with van der Waals surface area (Å²) in [5.74, 6) is -0.980. The third-order valence-electron chi connectivity index (χ3n) is 7.67. The van der Waals surface area contributed by atoms with Gasteiger partial charge in [0.15, 0.2) is 0 Å². The van der Waals surface area contributed by atoms with Gasteiger partial charge < -0.3 is 10.4 Å². The van der Waals surface area contributed by atoms with Crippen molar-refractivity contribution in [1.82, 2.24) is 0 Å². The van der Waals surface area contributed by atoms with Gasteiger partial charge >= 0.3 is 5.97 Å². The number of carboxylic acid groups (broad SMARTS) is 1. The van der Waals surface area contributed by atoms with Crippen LogP contribution >= 0.6 is 22.7 Å². The molecule has 0 spiro atoms. The second-order valence-electron chi connectivity index (χ2n) is 11.0. The molecule has 0 saturated carbocycles. The zero-order valence-electron chi connectivity index (χ0n) is 24.8. The number of aryl methyl sites for hydroxylation is 2. The number of aromatic carboxylic acids is 1. The zero-order chi connectivity index (χ0) is 30.6. The lowest BCUT2D eigenvalue weighted by molar-refractivity contribution is 0.0702. The SMILES string of the molecule is CCCC(C)(Nc1ccc(-c2ccc(C)cc2C)cc1)c1ccc(-c2ccc(/C=C(\C#N)c3ccc(C(=O)O)s3)s2)cc1. The maximum atomic E-state index is 11.2. The van der Waals surface area contributed by atoms with Crippen LogP contribution in [0.15, 0.2) is 91.0 Å². The highest BCUT2D eigenvalue weighted by molar-refractivity contribution is 7.16. The molecule has 1 atom stereocenters. The molecule has 4 nitrogen and oxygen atoms in total. The number of thiophene rings is 2. The van der Waals surface area contributed by atoms with Gasteiger partial charge in [-0.3, -0.25) is 0 Å². The van der Waals surface area contributed by atoms with E-state index >= 15 is 0 Å². The number of anilines is 1. The smallest absolute Gasteiger partial charge is 0.345 e. The first-order valence-corrected chi connectivity index (χ1v) is 15.9. The molecule has 5 aromatic rings. The Morgan fingerprint density at radius 2 is 1.60 bits per heavy atom. The van der Waals surface area contributed by atoms with E-state index in [2.05, 4.69) is 112 Å². The van der Waals surface area contributed by atoms with E-state index in [1.54, 1.807) is 17.4 Å². The number of hydrogen-bond acceptors (Lipinski definition) is 5. The van der Waals surface area contributed by atoms with E-state index in [9.17, 15) is 15.2 Å². The van der Waals surface area contributed by atoms with Crippen molar-refractivity contribution >= 4 is 46.0 Å². The number of nitrogens with zero attached hydrogens (tertiary/aromatic N) is 1. The van der Waals surface area contributed by atoms with E-state index in [1.807, 2.05) is 12.1 Å². The van der Waals surface area contributed by atoms with Gasteiger partial charge in [-0.05, 0) is 97.5 Å². The minimum Gasteiger partial charge on any atom is -0.477 e. The lowest BCUT2D eigenvalue weighted by atomic mass is 9.86. The fraction of sp³-hybridized carbons (Fsp3) is 0.189. The van der Waals surface area contributed by atoms with Crippen LogP contribution in [-0.2, 0) is 5.54 Å². The van der Waals surface area contributed by atoms with Crippen LogP contribution in [-0.4, -0.2) is 11.1 Å². The van der Waals surface area contributed by atoms with Crippen molar-refractivity contribution in [3.05, 3.63) is 122 Å². The van der Waals surface area contributed by atoms with Gasteiger partial charge in [-0.25, -0.2) is 4.79 Å². The van der Waals surface area contributed by atoms with Crippen LogP contribution in [0.4, 0.5) is 5.69 Å². The first kappa shape index (κ1) is 30.0. The summed E-state index contributed by atoms with van der Waals surface area (Å²) in [6, 6.07) is 33.6. The first-order chi connectivity index (χ1) is 20.7. The molecule has 6 heteroatoms. The topological polar surface area (TPSA) is 73.1 Å². The minimum absolute atomic E-state index is 0.224. The van der Waals surface area contributed by atoms with Gasteiger partial charge in [0.05, 0.1) is 11.1 Å². The van der Waals surface area contributed by atoms with Crippen molar-refractivity contribution in [3.63, 3.8) is 0 Å². The van der Waals surface area contributed by atoms with Crippen LogP contribution in [0.3, 0.4) is 0 Å². The molecule has 43 heavy (non-hydrogen) atoms. The molecular formula is C37H34N2O2S2. The van der Waals surface area contributed by atoms with Gasteiger partial charge in [-0.15, -0.1) is 22.7 Å². The fourth-order valence-corrected chi connectivity index (χ4v) is 7.22. The second kappa shape index (κ2) is 12.8. The molecule has 2 heterocycles. The van der Waals surface area contributed by atoms with Crippen molar-refractivity contribution in [3.8, 4) is 27.6 Å². The standard InChI is InChI=1S/C37H34N2O2S2/c1-5-20-37(4,39-30-13-9-26(10-14-30)32-16-6-24(2)21-25(32)3)29-11-7-27(8-12-29)33-17-15-31(42-33)22-28(23-38)34-18-19-35(43-34)36(40)41/h6-19,21-22,39H,5,20H2,1-4H3,(H,40,41)/b28-22+. The highest BCUT2D eigenvalue weighted by Gasteiger charge is 2.25. The van der Waals surface area contributed by atoms with E-state index in [-0.39, 0.29) is 10.4 Å². The Morgan fingerprint density at radius 3 is 2.23 bits per heavy atom. The summed E-state index contributed by atoms with van der Waals surface area (Å²) >= 11 is 2.72. The van der Waals surface area contributed by atoms with Crippen molar-refractivity contribution in [2.24, 2.45) is 0 Å². The number of carboxylic acids is 1. The monoisotopic (exact) mass is 602 g/mol. The Hall–Kier alpha value is -4.44. The number of carbonyl (C=O) groups is 1. The lowest BCUT2D eigenvalue weighted by Crippen LogP contribution is -2.31. The van der Waals surface area contributed by atoms with Crippen LogP contribution < -0.4 is 5.32 Å². The van der Waals surface area contributed by atoms with E-state index in [0.29, 0.717) is 10.5 Å². The zero-order valence-corrected chi connectivity index (χ0v) is 26.4. The molecule has 0 fully saturated rings. The van der Waals surface area contributed by atoms with Crippen LogP contribution in [0.5, 0.6) is 0 Å². The van der Waals surface area contributed by atoms with E-state index in [1.165, 1.54) is 33.9 Å². The molecule has 0 aliphatic heterocycles. The fourth-order valence-electron chi connectivity index (χ4n) is 5.45. The van der Waals surface area contributed by atoms with Gasteiger partial charge in [0.2, 0.25) is 0 Å². The molecule has 0 amide bonds. The van der Waals surface area contributed by atoms with Crippen molar-refractivity contribution in [1.29, 1.82) is 5.26 Å². The number of nitrogens with one attached hydrogen (secondary N) is 1. The number of benzene rings is 3. The third-order valence-corrected chi connectivity index (χ3v) is 9.86. The van der Waals surface area contributed by atoms with Crippen molar-refractivity contribution in [2.45, 2.75) is 46.1 Å². The van der Waals surface area contributed by atoms with Crippen LogP contribution in [0.25, 0.3) is 33.2 Å². The number of hydrogen-bond donors (Lipinski definition) is 2. The Morgan fingerprint density at radius 1 is 0.907 bits per heavy atom. The number of rotatable bonds is 10. The number of allylic oxidation sites excluding steroid dienone is 1. The van der Waals surface area contributed by atoms with Crippen LogP contribution in [0.2, 0.25) is 0 Å². The highest BCUT2D eigenvalue weighted by Crippen LogP contribution is 2.36. The van der Waals surface area contributed by atoms with Gasteiger partial charge in [0.1, 0.15) is 10.9 Å². The second-order valence-corrected chi connectivity index (χ2v) is 13.2. The summed E-state index contributed by atoms with van der Waals surface area (Å²) < 4.78 is 0. The van der Waals surface area contributed by atoms with E-state index < -0.39 is 5.97 Å². The van der Waals surface area contributed by atoms with Gasteiger partial charge in [-0.2, -0.15) is 5.26 Å². The summed E-state index contributed by atoms with van der Waals surface area (Å²) in [6.07, 6.45) is 3.86. The maximum absolute atomic E-state index is 11.2. The summed E-state index contributed by atoms with van der Waals surface area (Å²) in [5.41, 5.74) is 8.72. The summed E-state index contributed by atoms with van der Waals surface area (Å²) in [5, 5.41) is 22.7. The molecule has 3 aromatic carbocycles. The molecule has 1 unspecified atom stereocenters. The molecule has 0 aliphatic rings. The predicted octanol–water partition coefficient (Wildman–Crippen LogP) is 10.7. The Labute approximate surface area is 261 Å². The van der Waals surface area contributed by atoms with Gasteiger partial charge in [0, 0.05) is 20.3 Å². The third kappa shape index (κ3) is 6.80. The maximum Gasteiger partial charge on any atom is 0.345 e. The molecule has 2 aromatic heterocycles. The Kier molecular flexibility index (Phi) is 8.96. The van der Waals surface area contributed by atoms with Crippen molar-refractivity contribution < 1.29 is 9.90 Å². The van der Waals surface area contributed by atoms with Gasteiger partial charge in [-0.1, -0.05) is 73.5 Å². The van der Waals surface area contributed by atoms with Crippen LogP contribution in [0, 0.1) is 25.2 Å². The summed E-state index contributed by atoms with van der Waals surface area (Å²) in [7, 11) is 0. The first-order valence-electron chi connectivity index (χ1n) is 14.3. The molecule has 0 bridgehead atoms. The van der Waals surface area contributed by atoms with E-state index in [0.717, 1.165) is 45.2 Å². The quantitative estimate of drug-likeness (QED) is 0.156. The van der Waals surface area contributed by atoms with Crippen molar-refractivity contribution in [2.75, 3.05) is 5.32 Å². The molecule has 2 N–H and O–H groups in total. The summed E-state index contributed by atoms with van der Waals surface area (Å²) in [6.45, 7) is 8.77. The molecule has 5 rings (SSSR count). The normalized spacial score (nSPS) is 12.9. The molecule has 0 aliphatic carbocycles. The molecular weight excluding hydrogens is 569 g/mol. The van der Waals surface area contributed by atoms with Crippen LogP contribution in [0.1, 0.15) is 62.8 Å². The lowest BCUT2D eigenvalue weighted by Gasteiger charge is -2.33. The highest BCUT2D eigenvalue weighted by atomic mass is 32.1. The van der Waals surface area contributed by atoms with E-state index in [4.69, 9.17) is 0 Å². The molecule has 0 saturated heterocycles. The number of nitriles is 1. The average molecular weight is 603 g/mol.